The van der Waals surface area contributed by atoms with Gasteiger partial charge in [-0.1, -0.05) is 11.6 Å². The molecule has 3 atom stereocenters. The predicted molar refractivity (Wildman–Crippen MR) is 124 cm³/mol. The lowest BCUT2D eigenvalue weighted by molar-refractivity contribution is -0.135. The first-order chi connectivity index (χ1) is 16.9. The van der Waals surface area contributed by atoms with Gasteiger partial charge in [-0.05, 0) is 55.0 Å². The lowest BCUT2D eigenvalue weighted by Gasteiger charge is -2.32. The zero-order valence-electron chi connectivity index (χ0n) is 18.1. The van der Waals surface area contributed by atoms with Crippen LogP contribution in [0, 0.1) is 11.3 Å². The summed E-state index contributed by atoms with van der Waals surface area (Å²) >= 11 is 5.89. The van der Waals surface area contributed by atoms with E-state index in [-0.39, 0.29) is 24.5 Å². The summed E-state index contributed by atoms with van der Waals surface area (Å²) in [7, 11) is 0. The molecule has 2 aromatic carbocycles. The first-order valence-corrected chi connectivity index (χ1v) is 11.5. The highest BCUT2D eigenvalue weighted by molar-refractivity contribution is 6.32. The molecule has 5 fully saturated rings. The van der Waals surface area contributed by atoms with Gasteiger partial charge >= 0.3 is 6.03 Å². The summed E-state index contributed by atoms with van der Waals surface area (Å²) in [6, 6.07) is 14.7. The molecule has 5 aliphatic rings. The Bertz CT molecular complexity index is 1540. The van der Waals surface area contributed by atoms with Gasteiger partial charge in [-0.2, -0.15) is 5.26 Å². The number of aromatic nitrogens is 1. The van der Waals surface area contributed by atoms with Gasteiger partial charge in [0, 0.05) is 23.2 Å². The number of hydrogen-bond acceptors (Lipinski definition) is 6. The summed E-state index contributed by atoms with van der Waals surface area (Å²) in [5.74, 6) is -0.0328. The number of imide groups is 1. The Balaban J connectivity index is 1.16. The highest BCUT2D eigenvalue weighted by Crippen LogP contribution is 2.76. The number of carbonyl (C=O) groups is 3. The Morgan fingerprint density at radius 2 is 2.00 bits per heavy atom. The second kappa shape index (κ2) is 6.49. The molecule has 5 heterocycles. The van der Waals surface area contributed by atoms with E-state index in [1.165, 1.54) is 4.90 Å². The molecule has 0 N–H and O–H groups in total. The van der Waals surface area contributed by atoms with Crippen LogP contribution in [0.3, 0.4) is 0 Å². The summed E-state index contributed by atoms with van der Waals surface area (Å²) in [5.41, 5.74) is -0.441. The molecule has 2 spiro atoms. The number of pyridine rings is 1. The van der Waals surface area contributed by atoms with Crippen LogP contribution in [0.15, 0.2) is 54.7 Å². The van der Waals surface area contributed by atoms with Crippen LogP contribution >= 0.6 is 11.6 Å². The number of hydrogen-bond donors (Lipinski definition) is 0. The van der Waals surface area contributed by atoms with E-state index in [4.69, 9.17) is 16.3 Å². The van der Waals surface area contributed by atoms with Gasteiger partial charge in [0.2, 0.25) is 0 Å². The topological polar surface area (TPSA) is 107 Å². The van der Waals surface area contributed by atoms with Crippen LogP contribution in [0.2, 0.25) is 5.02 Å². The minimum Gasteiger partial charge on any atom is -0.484 e. The third kappa shape index (κ3) is 2.23. The van der Waals surface area contributed by atoms with Crippen LogP contribution < -0.4 is 9.64 Å². The number of amides is 4. The monoisotopic (exact) mass is 485 g/mol. The number of urea groups is 1. The molecular weight excluding hydrogens is 470 g/mol. The quantitative estimate of drug-likeness (QED) is 0.415. The van der Waals surface area contributed by atoms with Gasteiger partial charge < -0.3 is 9.64 Å². The molecular formula is C25H16ClN5O4. The molecule has 172 valence electrons. The second-order valence-corrected chi connectivity index (χ2v) is 9.62. The molecule has 10 heteroatoms. The number of benzene rings is 2. The average molecular weight is 486 g/mol. The molecule has 3 aromatic rings. The van der Waals surface area contributed by atoms with Crippen molar-refractivity contribution in [3.8, 4) is 11.8 Å². The van der Waals surface area contributed by atoms with E-state index in [9.17, 15) is 19.6 Å². The molecule has 2 bridgehead atoms. The van der Waals surface area contributed by atoms with Crippen LogP contribution in [0.5, 0.6) is 5.75 Å². The van der Waals surface area contributed by atoms with Crippen molar-refractivity contribution < 1.29 is 19.1 Å². The van der Waals surface area contributed by atoms with Crippen LogP contribution in [-0.2, 0) is 9.59 Å². The highest BCUT2D eigenvalue weighted by atomic mass is 35.5. The Hall–Kier alpha value is -4.16. The maximum atomic E-state index is 13.8. The fourth-order valence-electron chi connectivity index (χ4n) is 6.30. The third-order valence-corrected chi connectivity index (χ3v) is 8.03. The normalized spacial score (nSPS) is 27.4. The summed E-state index contributed by atoms with van der Waals surface area (Å²) in [4.78, 5) is 48.9. The molecule has 9 nitrogen and oxygen atoms in total. The molecule has 4 saturated heterocycles. The van der Waals surface area contributed by atoms with Gasteiger partial charge in [0.15, 0.2) is 12.1 Å². The first-order valence-electron chi connectivity index (χ1n) is 11.1. The molecule has 3 unspecified atom stereocenters. The standard InChI is InChI=1S/C25H16ClN5O4/c26-15-4-6-16(7-5-15)35-12-20(32)29-13-24-10-19(29)25(24)22(33)30(23(34)31(24)25)18-8-3-14(11-27)21-17(18)2-1-9-28-21/h1-9,19H,10,12-13H2. The van der Waals surface area contributed by atoms with Crippen LogP contribution in [-0.4, -0.2) is 62.9 Å². The molecule has 8 rings (SSSR count). The minimum atomic E-state index is -1.01. The number of halogens is 1. The number of rotatable bonds is 4. The fourth-order valence-corrected chi connectivity index (χ4v) is 6.43. The Morgan fingerprint density at radius 1 is 1.20 bits per heavy atom. The molecule has 1 aliphatic carbocycles. The summed E-state index contributed by atoms with van der Waals surface area (Å²) in [6.45, 7) is 0.156. The largest absolute Gasteiger partial charge is 0.484 e. The Kier molecular flexibility index (Phi) is 3.75. The number of nitriles is 1. The number of carbonyl (C=O) groups excluding carboxylic acids is 3. The maximum absolute atomic E-state index is 13.8. The van der Waals surface area contributed by atoms with E-state index in [1.54, 1.807) is 64.5 Å². The van der Waals surface area contributed by atoms with Gasteiger partial charge in [-0.3, -0.25) is 19.5 Å². The SMILES string of the molecule is N#Cc1ccc(N2C(=O)N3C45CC(N(C(=O)COc6ccc(Cl)cc6)C4)C35C2=O)c2cccnc12. The van der Waals surface area contributed by atoms with Crippen LogP contribution in [0.4, 0.5) is 10.5 Å². The number of piperazine rings is 1. The predicted octanol–water partition coefficient (Wildman–Crippen LogP) is 2.71. The van der Waals surface area contributed by atoms with E-state index < -0.39 is 17.1 Å². The van der Waals surface area contributed by atoms with E-state index in [0.29, 0.717) is 45.9 Å². The molecule has 35 heavy (non-hydrogen) atoms. The lowest BCUT2D eigenvalue weighted by atomic mass is 9.73. The lowest BCUT2D eigenvalue weighted by Crippen LogP contribution is -2.57. The number of ether oxygens (including phenoxy) is 1. The van der Waals surface area contributed by atoms with Crippen molar-refractivity contribution in [3.63, 3.8) is 0 Å². The molecule has 4 amide bonds. The number of nitrogens with zero attached hydrogens (tertiary/aromatic N) is 5. The summed E-state index contributed by atoms with van der Waals surface area (Å²) in [6.07, 6.45) is 2.15. The van der Waals surface area contributed by atoms with Gasteiger partial charge in [-0.25, -0.2) is 9.69 Å². The third-order valence-electron chi connectivity index (χ3n) is 7.78. The van der Waals surface area contributed by atoms with Crippen molar-refractivity contribution in [2.45, 2.75) is 23.5 Å². The Morgan fingerprint density at radius 3 is 2.77 bits per heavy atom. The van der Waals surface area contributed by atoms with Crippen molar-refractivity contribution in [1.82, 2.24) is 14.8 Å². The van der Waals surface area contributed by atoms with Gasteiger partial charge in [0.1, 0.15) is 17.4 Å². The smallest absolute Gasteiger partial charge is 0.333 e. The van der Waals surface area contributed by atoms with Crippen LogP contribution in [0.1, 0.15) is 12.0 Å². The summed E-state index contributed by atoms with van der Waals surface area (Å²) in [5, 5.41) is 10.5. The van der Waals surface area contributed by atoms with Crippen molar-refractivity contribution in [1.29, 1.82) is 5.26 Å². The zero-order chi connectivity index (χ0) is 24.1. The molecule has 0 radical (unpaired) electrons. The molecule has 1 saturated carbocycles. The fraction of sp³-hybridized carbons (Fsp3) is 0.240. The van der Waals surface area contributed by atoms with Crippen molar-refractivity contribution in [2.75, 3.05) is 18.1 Å². The maximum Gasteiger partial charge on any atom is 0.333 e. The van der Waals surface area contributed by atoms with Crippen molar-refractivity contribution in [2.24, 2.45) is 0 Å². The zero-order valence-corrected chi connectivity index (χ0v) is 18.9. The van der Waals surface area contributed by atoms with Gasteiger partial charge in [-0.15, -0.1) is 0 Å². The van der Waals surface area contributed by atoms with Gasteiger partial charge in [0.05, 0.1) is 22.8 Å². The number of anilines is 1. The first kappa shape index (κ1) is 20.2. The van der Waals surface area contributed by atoms with E-state index in [1.807, 2.05) is 0 Å². The molecule has 1 aromatic heterocycles. The Labute approximate surface area is 204 Å². The second-order valence-electron chi connectivity index (χ2n) is 9.18. The van der Waals surface area contributed by atoms with E-state index >= 15 is 0 Å². The van der Waals surface area contributed by atoms with Crippen molar-refractivity contribution in [3.05, 3.63) is 65.3 Å². The number of fused-ring (bicyclic) bond motifs is 2. The van der Waals surface area contributed by atoms with Crippen LogP contribution in [0.25, 0.3) is 10.9 Å². The van der Waals surface area contributed by atoms with E-state index in [0.717, 1.165) is 0 Å². The van der Waals surface area contributed by atoms with Gasteiger partial charge in [0.25, 0.3) is 11.8 Å². The average Bonchev–Trinajstić information content (AvgIpc) is 3.23. The minimum absolute atomic E-state index is 0.165. The highest BCUT2D eigenvalue weighted by Gasteiger charge is 3.00. The molecule has 4 aliphatic heterocycles. The summed E-state index contributed by atoms with van der Waals surface area (Å²) < 4.78 is 5.61. The van der Waals surface area contributed by atoms with Crippen molar-refractivity contribution >= 4 is 46.0 Å². The van der Waals surface area contributed by atoms with E-state index in [2.05, 4.69) is 11.1 Å².